The van der Waals surface area contributed by atoms with Crippen molar-refractivity contribution in [3.8, 4) is 5.75 Å². The Morgan fingerprint density at radius 1 is 1.07 bits per heavy atom. The van der Waals surface area contributed by atoms with Crippen molar-refractivity contribution in [1.82, 2.24) is 0 Å². The van der Waals surface area contributed by atoms with Crippen molar-refractivity contribution in [2.45, 2.75) is 50.6 Å². The molecular formula is C22H25ClO4. The molecule has 1 aliphatic carbocycles. The smallest absolute Gasteiger partial charge is 0.119 e. The van der Waals surface area contributed by atoms with Gasteiger partial charge in [-0.15, -0.1) is 0 Å². The first-order chi connectivity index (χ1) is 13.1. The summed E-state index contributed by atoms with van der Waals surface area (Å²) in [5.74, 6) is 0.913. The summed E-state index contributed by atoms with van der Waals surface area (Å²) in [6, 6.07) is 13.7. The number of ether oxygens (including phenoxy) is 2. The summed E-state index contributed by atoms with van der Waals surface area (Å²) in [6.45, 7) is 2.61. The molecular weight excluding hydrogens is 364 g/mol. The van der Waals surface area contributed by atoms with Crippen LogP contribution in [0.4, 0.5) is 0 Å². The average molecular weight is 389 g/mol. The van der Waals surface area contributed by atoms with Gasteiger partial charge in [0.2, 0.25) is 0 Å². The van der Waals surface area contributed by atoms with Crippen LogP contribution in [0.15, 0.2) is 42.5 Å². The molecule has 2 aliphatic rings. The summed E-state index contributed by atoms with van der Waals surface area (Å²) in [4.78, 5) is 0. The van der Waals surface area contributed by atoms with Gasteiger partial charge in [-0.1, -0.05) is 35.9 Å². The zero-order valence-electron chi connectivity index (χ0n) is 15.3. The van der Waals surface area contributed by atoms with E-state index in [0.717, 1.165) is 35.3 Å². The third-order valence-corrected chi connectivity index (χ3v) is 6.08. The molecule has 2 aromatic rings. The summed E-state index contributed by atoms with van der Waals surface area (Å²) >= 11 is 6.42. The summed E-state index contributed by atoms with van der Waals surface area (Å²) in [5, 5.41) is 21.6. The van der Waals surface area contributed by atoms with Crippen LogP contribution in [0, 0.1) is 5.92 Å². The van der Waals surface area contributed by atoms with E-state index in [-0.39, 0.29) is 12.0 Å². The minimum Gasteiger partial charge on any atom is -0.494 e. The fraction of sp³-hybridized carbons (Fsp3) is 0.455. The van der Waals surface area contributed by atoms with Gasteiger partial charge in [0, 0.05) is 10.9 Å². The Morgan fingerprint density at radius 2 is 1.85 bits per heavy atom. The van der Waals surface area contributed by atoms with E-state index in [4.69, 9.17) is 21.1 Å². The van der Waals surface area contributed by atoms with E-state index >= 15 is 0 Å². The Hall–Kier alpha value is -1.59. The van der Waals surface area contributed by atoms with Crippen molar-refractivity contribution in [3.05, 3.63) is 64.2 Å². The highest BCUT2D eigenvalue weighted by Crippen LogP contribution is 2.45. The molecule has 0 spiro atoms. The number of hydrogen-bond donors (Lipinski definition) is 2. The lowest BCUT2D eigenvalue weighted by Crippen LogP contribution is -2.55. The van der Waals surface area contributed by atoms with E-state index in [1.54, 1.807) is 0 Å². The molecule has 2 aromatic carbocycles. The molecule has 5 atom stereocenters. The van der Waals surface area contributed by atoms with Crippen LogP contribution in [0.1, 0.15) is 42.6 Å². The molecule has 4 rings (SSSR count). The minimum atomic E-state index is -0.911. The van der Waals surface area contributed by atoms with E-state index in [2.05, 4.69) is 0 Å². The lowest BCUT2D eigenvalue weighted by atomic mass is 9.72. The molecule has 0 bridgehead atoms. The number of aliphatic hydroxyl groups is 2. The highest BCUT2D eigenvalue weighted by Gasteiger charge is 2.49. The average Bonchev–Trinajstić information content (AvgIpc) is 2.64. The Kier molecular flexibility index (Phi) is 5.42. The van der Waals surface area contributed by atoms with Crippen molar-refractivity contribution in [3.63, 3.8) is 0 Å². The lowest BCUT2D eigenvalue weighted by molar-refractivity contribution is -0.233. The van der Waals surface area contributed by atoms with Gasteiger partial charge < -0.3 is 19.7 Å². The van der Waals surface area contributed by atoms with Gasteiger partial charge in [-0.05, 0) is 61.1 Å². The van der Waals surface area contributed by atoms with Gasteiger partial charge in [-0.2, -0.15) is 0 Å². The van der Waals surface area contributed by atoms with Crippen LogP contribution in [0.2, 0.25) is 5.02 Å². The second kappa shape index (κ2) is 7.80. The van der Waals surface area contributed by atoms with E-state index in [1.165, 1.54) is 0 Å². The maximum absolute atomic E-state index is 10.5. The molecule has 5 heteroatoms. The monoisotopic (exact) mass is 388 g/mol. The largest absolute Gasteiger partial charge is 0.494 e. The first-order valence-electron chi connectivity index (χ1n) is 9.58. The lowest BCUT2D eigenvalue weighted by Gasteiger charge is -2.49. The van der Waals surface area contributed by atoms with Crippen LogP contribution in [0.5, 0.6) is 5.75 Å². The number of halogens is 1. The van der Waals surface area contributed by atoms with E-state index < -0.39 is 18.3 Å². The van der Waals surface area contributed by atoms with Crippen LogP contribution in [0.3, 0.4) is 0 Å². The molecule has 1 saturated heterocycles. The SMILES string of the molecule is CCOc1ccc(Cc2cc([C@@H]3O[C@@H]4CC[C@@H]4[C@H](O)[C@H]3O)ccc2Cl)cc1. The fourth-order valence-corrected chi connectivity index (χ4v) is 4.21. The van der Waals surface area contributed by atoms with E-state index in [1.807, 2.05) is 49.4 Å². The standard InChI is InChI=1S/C22H25ClO4/c1-2-26-16-6-3-13(4-7-16)11-15-12-14(5-9-18(15)23)22-21(25)20(24)17-8-10-19(17)27-22/h3-7,9,12,17,19-22,24-25H,2,8,10-11H2,1H3/t17-,19+,20-,21+,22-/m0/s1. The molecule has 1 saturated carbocycles. The molecule has 27 heavy (non-hydrogen) atoms. The number of fused-ring (bicyclic) bond motifs is 1. The molecule has 1 heterocycles. The Morgan fingerprint density at radius 3 is 2.52 bits per heavy atom. The Bertz CT molecular complexity index is 791. The van der Waals surface area contributed by atoms with Crippen LogP contribution < -0.4 is 4.74 Å². The molecule has 0 aromatic heterocycles. The second-order valence-electron chi connectivity index (χ2n) is 7.42. The Balaban J connectivity index is 1.54. The van der Waals surface area contributed by atoms with Crippen molar-refractivity contribution >= 4 is 11.6 Å². The molecule has 0 radical (unpaired) electrons. The van der Waals surface area contributed by atoms with Crippen molar-refractivity contribution < 1.29 is 19.7 Å². The second-order valence-corrected chi connectivity index (χ2v) is 7.83. The predicted molar refractivity (Wildman–Crippen MR) is 104 cm³/mol. The van der Waals surface area contributed by atoms with Gasteiger partial charge >= 0.3 is 0 Å². The molecule has 2 fully saturated rings. The summed E-state index contributed by atoms with van der Waals surface area (Å²) < 4.78 is 11.6. The van der Waals surface area contributed by atoms with Gasteiger partial charge in [0.05, 0.1) is 18.8 Å². The molecule has 2 N–H and O–H groups in total. The first-order valence-corrected chi connectivity index (χ1v) is 9.96. The van der Waals surface area contributed by atoms with E-state index in [9.17, 15) is 10.2 Å². The summed E-state index contributed by atoms with van der Waals surface area (Å²) in [5.41, 5.74) is 2.96. The van der Waals surface area contributed by atoms with Gasteiger partial charge in [-0.3, -0.25) is 0 Å². The van der Waals surface area contributed by atoms with Crippen molar-refractivity contribution in [2.24, 2.45) is 5.92 Å². The number of aliphatic hydroxyl groups excluding tert-OH is 2. The minimum absolute atomic E-state index is 0.0404. The van der Waals surface area contributed by atoms with Gasteiger partial charge in [-0.25, -0.2) is 0 Å². The quantitative estimate of drug-likeness (QED) is 0.815. The van der Waals surface area contributed by atoms with E-state index in [0.29, 0.717) is 18.1 Å². The highest BCUT2D eigenvalue weighted by molar-refractivity contribution is 6.31. The highest BCUT2D eigenvalue weighted by atomic mass is 35.5. The molecule has 1 aliphatic heterocycles. The third kappa shape index (κ3) is 3.72. The maximum Gasteiger partial charge on any atom is 0.119 e. The zero-order chi connectivity index (χ0) is 19.0. The normalized spacial score (nSPS) is 29.7. The molecule has 0 unspecified atom stereocenters. The van der Waals surface area contributed by atoms with Crippen LogP contribution in [-0.2, 0) is 11.2 Å². The molecule has 4 nitrogen and oxygen atoms in total. The number of hydrogen-bond acceptors (Lipinski definition) is 4. The summed E-state index contributed by atoms with van der Waals surface area (Å²) in [7, 11) is 0. The number of rotatable bonds is 5. The zero-order valence-corrected chi connectivity index (χ0v) is 16.1. The fourth-order valence-electron chi connectivity index (χ4n) is 4.03. The number of benzene rings is 2. The maximum atomic E-state index is 10.5. The van der Waals surface area contributed by atoms with Crippen LogP contribution in [0.25, 0.3) is 0 Å². The van der Waals surface area contributed by atoms with Gasteiger partial charge in [0.1, 0.15) is 18.0 Å². The van der Waals surface area contributed by atoms with Gasteiger partial charge in [0.15, 0.2) is 0 Å². The van der Waals surface area contributed by atoms with Crippen molar-refractivity contribution in [2.75, 3.05) is 6.61 Å². The third-order valence-electron chi connectivity index (χ3n) is 5.71. The summed E-state index contributed by atoms with van der Waals surface area (Å²) in [6.07, 6.45) is 0.420. The van der Waals surface area contributed by atoms with Crippen LogP contribution in [-0.4, -0.2) is 35.1 Å². The topological polar surface area (TPSA) is 58.9 Å². The molecule has 0 amide bonds. The van der Waals surface area contributed by atoms with Crippen molar-refractivity contribution in [1.29, 1.82) is 0 Å². The Labute approximate surface area is 164 Å². The van der Waals surface area contributed by atoms with Crippen LogP contribution >= 0.6 is 11.6 Å². The van der Waals surface area contributed by atoms with Gasteiger partial charge in [0.25, 0.3) is 0 Å². The first kappa shape index (κ1) is 18.8. The molecule has 144 valence electrons. The predicted octanol–water partition coefficient (Wildman–Crippen LogP) is 3.90.